The molecule has 0 atom stereocenters. The maximum atomic E-state index is 12.6. The average Bonchev–Trinajstić information content (AvgIpc) is 2.29. The van der Waals surface area contributed by atoms with Gasteiger partial charge in [-0.05, 0) is 6.92 Å². The molecule has 0 aromatic carbocycles. The monoisotopic (exact) mass is 248 g/mol. The molecule has 1 rings (SSSR count). The second kappa shape index (κ2) is 8.96. The molecule has 92 valence electrons. The maximum absolute atomic E-state index is 12.6. The minimum atomic E-state index is -1.03. The van der Waals surface area contributed by atoms with Crippen LogP contribution < -0.4 is 11.2 Å². The van der Waals surface area contributed by atoms with Gasteiger partial charge in [-0.1, -0.05) is 39.9 Å². The fraction of sp³-hybridized carbons (Fsp3) is 0.500. The third kappa shape index (κ3) is 4.48. The van der Waals surface area contributed by atoms with E-state index in [9.17, 15) is 14.0 Å². The molecular formula is C10H17FN2O2S. The zero-order valence-corrected chi connectivity index (χ0v) is 10.9. The van der Waals surface area contributed by atoms with Crippen LogP contribution in [0.5, 0.6) is 0 Å². The standard InChI is InChI=1S/C6H5FN2O2S.2C2H6/c1-3(12)9-5(10)4(7)2-8-6(9)11;2*1-2/h2H,1H3,(H,8,11);2*1-2H3. The van der Waals surface area contributed by atoms with E-state index in [1.54, 1.807) is 0 Å². The van der Waals surface area contributed by atoms with Crippen LogP contribution >= 0.6 is 12.2 Å². The highest BCUT2D eigenvalue weighted by molar-refractivity contribution is 7.80. The van der Waals surface area contributed by atoms with Crippen LogP contribution in [0.1, 0.15) is 34.6 Å². The minimum absolute atomic E-state index is 0.0146. The molecule has 16 heavy (non-hydrogen) atoms. The number of aromatic amines is 1. The highest BCUT2D eigenvalue weighted by atomic mass is 32.1. The first-order valence-corrected chi connectivity index (χ1v) is 5.46. The lowest BCUT2D eigenvalue weighted by Gasteiger charge is -1.98. The number of rotatable bonds is 0. The Morgan fingerprint density at radius 1 is 1.31 bits per heavy atom. The second-order valence-corrected chi connectivity index (χ2v) is 2.69. The Kier molecular flexibility index (Phi) is 9.58. The van der Waals surface area contributed by atoms with Crippen LogP contribution in [0.2, 0.25) is 0 Å². The van der Waals surface area contributed by atoms with E-state index < -0.39 is 17.1 Å². The van der Waals surface area contributed by atoms with Crippen molar-refractivity contribution in [2.45, 2.75) is 34.6 Å². The highest BCUT2D eigenvalue weighted by Gasteiger charge is 2.06. The molecule has 0 saturated carbocycles. The second-order valence-electron chi connectivity index (χ2n) is 2.10. The van der Waals surface area contributed by atoms with Crippen molar-refractivity contribution in [1.29, 1.82) is 0 Å². The molecule has 0 unspecified atom stereocenters. The number of H-pyrrole nitrogens is 1. The Labute approximate surface area is 99.1 Å². The summed E-state index contributed by atoms with van der Waals surface area (Å²) < 4.78 is 13.1. The molecule has 1 N–H and O–H groups in total. The molecular weight excluding hydrogens is 231 g/mol. The van der Waals surface area contributed by atoms with Gasteiger partial charge in [0, 0.05) is 6.20 Å². The van der Waals surface area contributed by atoms with Crippen LogP contribution in [0.25, 0.3) is 0 Å². The predicted molar refractivity (Wildman–Crippen MR) is 67.6 cm³/mol. The lowest BCUT2D eigenvalue weighted by Crippen LogP contribution is -2.39. The SMILES string of the molecule is CC.CC.CC(=S)n1c(=O)[nH]cc(F)c1=O. The van der Waals surface area contributed by atoms with E-state index in [0.29, 0.717) is 10.8 Å². The third-order valence-electron chi connectivity index (χ3n) is 1.25. The van der Waals surface area contributed by atoms with Crippen molar-refractivity contribution >= 4 is 17.2 Å². The molecule has 1 heterocycles. The lowest BCUT2D eigenvalue weighted by molar-refractivity contribution is 0.588. The number of aromatic nitrogens is 2. The summed E-state index contributed by atoms with van der Waals surface area (Å²) in [6.45, 7) is 9.37. The van der Waals surface area contributed by atoms with Crippen molar-refractivity contribution in [2.75, 3.05) is 0 Å². The van der Waals surface area contributed by atoms with Gasteiger partial charge in [-0.15, -0.1) is 0 Å². The molecule has 0 saturated heterocycles. The number of hydrogen-bond acceptors (Lipinski definition) is 3. The first-order chi connectivity index (χ1) is 7.54. The molecule has 6 heteroatoms. The molecule has 4 nitrogen and oxygen atoms in total. The van der Waals surface area contributed by atoms with Crippen LogP contribution in [0, 0.1) is 5.82 Å². The van der Waals surface area contributed by atoms with Gasteiger partial charge >= 0.3 is 5.69 Å². The first kappa shape index (κ1) is 17.1. The van der Waals surface area contributed by atoms with Crippen molar-refractivity contribution in [1.82, 2.24) is 9.55 Å². The summed E-state index contributed by atoms with van der Waals surface area (Å²) in [5.74, 6) is -1.03. The number of thiocarbonyl (C=S) groups is 1. The van der Waals surface area contributed by atoms with Crippen LogP contribution in [0.3, 0.4) is 0 Å². The van der Waals surface area contributed by atoms with E-state index in [2.05, 4.69) is 12.2 Å². The first-order valence-electron chi connectivity index (χ1n) is 5.05. The predicted octanol–water partition coefficient (Wildman–Crippen LogP) is 1.92. The van der Waals surface area contributed by atoms with E-state index >= 15 is 0 Å². The summed E-state index contributed by atoms with van der Waals surface area (Å²) in [4.78, 5) is 23.8. The number of hydrogen-bond donors (Lipinski definition) is 1. The van der Waals surface area contributed by atoms with E-state index in [-0.39, 0.29) is 4.99 Å². The molecule has 0 fully saturated rings. The van der Waals surface area contributed by atoms with Crippen molar-refractivity contribution < 1.29 is 4.39 Å². The summed E-state index contributed by atoms with van der Waals surface area (Å²) in [6, 6.07) is 0. The van der Waals surface area contributed by atoms with Gasteiger partial charge in [0.2, 0.25) is 5.82 Å². The van der Waals surface area contributed by atoms with E-state index in [0.717, 1.165) is 0 Å². The average molecular weight is 248 g/mol. The van der Waals surface area contributed by atoms with Gasteiger partial charge in [-0.2, -0.15) is 4.39 Å². The molecule has 1 aromatic heterocycles. The van der Waals surface area contributed by atoms with Gasteiger partial charge in [0.25, 0.3) is 5.56 Å². The molecule has 0 spiro atoms. The van der Waals surface area contributed by atoms with Crippen molar-refractivity contribution in [2.24, 2.45) is 0 Å². The van der Waals surface area contributed by atoms with Crippen LogP contribution in [-0.4, -0.2) is 14.5 Å². The smallest absolute Gasteiger partial charge is 0.311 e. The lowest BCUT2D eigenvalue weighted by atomic mass is 10.6. The van der Waals surface area contributed by atoms with E-state index in [1.807, 2.05) is 32.7 Å². The molecule has 0 aliphatic heterocycles. The molecule has 1 aromatic rings. The number of nitrogens with zero attached hydrogens (tertiary/aromatic N) is 1. The fourth-order valence-electron chi connectivity index (χ4n) is 0.736. The quantitative estimate of drug-likeness (QED) is 0.714. The number of halogens is 1. The Morgan fingerprint density at radius 3 is 2.06 bits per heavy atom. The van der Waals surface area contributed by atoms with Gasteiger partial charge in [-0.3, -0.25) is 4.79 Å². The van der Waals surface area contributed by atoms with Gasteiger partial charge in [0.05, 0.1) is 4.99 Å². The molecule has 0 bridgehead atoms. The molecule has 0 aliphatic rings. The summed E-state index contributed by atoms with van der Waals surface area (Å²) in [7, 11) is 0. The van der Waals surface area contributed by atoms with E-state index in [4.69, 9.17) is 0 Å². The van der Waals surface area contributed by atoms with E-state index in [1.165, 1.54) is 6.92 Å². The third-order valence-corrected chi connectivity index (χ3v) is 1.43. The summed E-state index contributed by atoms with van der Waals surface area (Å²) in [6.07, 6.45) is 0.708. The Bertz CT molecular complexity index is 437. The van der Waals surface area contributed by atoms with Crippen molar-refractivity contribution in [3.8, 4) is 0 Å². The van der Waals surface area contributed by atoms with Crippen molar-refractivity contribution in [3.05, 3.63) is 32.9 Å². The fourth-order valence-corrected chi connectivity index (χ4v) is 0.902. The topological polar surface area (TPSA) is 54.9 Å². The Balaban J connectivity index is 0. The van der Waals surface area contributed by atoms with Crippen molar-refractivity contribution in [3.63, 3.8) is 0 Å². The largest absolute Gasteiger partial charge is 0.333 e. The van der Waals surface area contributed by atoms with Gasteiger partial charge in [0.15, 0.2) is 0 Å². The van der Waals surface area contributed by atoms with Gasteiger partial charge in [-0.25, -0.2) is 9.36 Å². The summed E-state index contributed by atoms with van der Waals surface area (Å²) >= 11 is 4.57. The molecule has 0 amide bonds. The minimum Gasteiger partial charge on any atom is -0.311 e. The summed E-state index contributed by atoms with van der Waals surface area (Å²) in [5, 5.41) is 0. The van der Waals surface area contributed by atoms with Crippen LogP contribution in [-0.2, 0) is 0 Å². The summed E-state index contributed by atoms with van der Waals surface area (Å²) in [5.41, 5.74) is -1.75. The van der Waals surface area contributed by atoms with Crippen LogP contribution in [0.15, 0.2) is 15.8 Å². The normalized spacial score (nSPS) is 8.12. The molecule has 0 aliphatic carbocycles. The maximum Gasteiger partial charge on any atom is 0.333 e. The van der Waals surface area contributed by atoms with Gasteiger partial charge < -0.3 is 4.98 Å². The number of nitrogens with one attached hydrogen (secondary N) is 1. The highest BCUT2D eigenvalue weighted by Crippen LogP contribution is 1.81. The van der Waals surface area contributed by atoms with Gasteiger partial charge in [0.1, 0.15) is 0 Å². The zero-order valence-electron chi connectivity index (χ0n) is 10.1. The molecule has 0 radical (unpaired) electrons. The Hall–Kier alpha value is -1.30. The zero-order chi connectivity index (χ0) is 13.3. The Morgan fingerprint density at radius 2 is 1.75 bits per heavy atom. The van der Waals surface area contributed by atoms with Crippen LogP contribution in [0.4, 0.5) is 4.39 Å².